The number of nitrogens with zero attached hydrogens (tertiary/aromatic N) is 2. The molecular weight excluding hydrogens is 616 g/mol. The number of hydrogen-bond acceptors (Lipinski definition) is 8. The molecule has 2 amide bonds. The monoisotopic (exact) mass is 640 g/mol. The van der Waals surface area contributed by atoms with E-state index in [0.29, 0.717) is 57.3 Å². The number of halogens is 1. The standard InChI is InChI=1S/C33H25BrN2O7/c1-41-24-9-7-19(15-22(24)34)31(38)29-28-27(23-16-20(11-12-35(23)29)30(37)18-5-3-2-4-6-18)32(39)36(33(28)40)21-8-10-25-26(17-21)43-14-13-42-25/h2-12,15-17,23,27-29H,13-14H2,1H3/t23-,27-,28+,29-/m0/s1. The first kappa shape index (κ1) is 27.2. The van der Waals surface area contributed by atoms with Gasteiger partial charge >= 0.3 is 0 Å². The molecule has 3 aromatic rings. The molecule has 0 unspecified atom stereocenters. The summed E-state index contributed by atoms with van der Waals surface area (Å²) in [6, 6.07) is 17.1. The highest BCUT2D eigenvalue weighted by Gasteiger charge is 2.63. The van der Waals surface area contributed by atoms with Gasteiger partial charge in [-0.25, -0.2) is 4.90 Å². The highest BCUT2D eigenvalue weighted by molar-refractivity contribution is 9.10. The highest BCUT2D eigenvalue weighted by atomic mass is 79.9. The molecule has 4 atom stereocenters. The van der Waals surface area contributed by atoms with Crippen LogP contribution < -0.4 is 19.1 Å². The summed E-state index contributed by atoms with van der Waals surface area (Å²) >= 11 is 3.44. The van der Waals surface area contributed by atoms with Crippen molar-refractivity contribution < 1.29 is 33.4 Å². The number of carbonyl (C=O) groups is 4. The zero-order chi connectivity index (χ0) is 29.8. The second-order valence-electron chi connectivity index (χ2n) is 10.6. The number of anilines is 1. The van der Waals surface area contributed by atoms with Gasteiger partial charge in [0.15, 0.2) is 23.1 Å². The maximum Gasteiger partial charge on any atom is 0.240 e. The zero-order valence-electron chi connectivity index (χ0n) is 22.9. The van der Waals surface area contributed by atoms with E-state index in [1.54, 1.807) is 83.9 Å². The molecule has 7 rings (SSSR count). The molecule has 4 aliphatic rings. The van der Waals surface area contributed by atoms with Crippen LogP contribution in [-0.2, 0) is 9.59 Å². The van der Waals surface area contributed by atoms with E-state index in [9.17, 15) is 19.2 Å². The number of imide groups is 1. The number of rotatable bonds is 6. The molecule has 9 nitrogen and oxygen atoms in total. The summed E-state index contributed by atoms with van der Waals surface area (Å²) in [5.41, 5.74) is 1.60. The van der Waals surface area contributed by atoms with Crippen molar-refractivity contribution in [3.8, 4) is 17.2 Å². The van der Waals surface area contributed by atoms with Gasteiger partial charge in [0.1, 0.15) is 25.0 Å². The van der Waals surface area contributed by atoms with Crippen LogP contribution in [-0.4, -0.2) is 60.7 Å². The van der Waals surface area contributed by atoms with Crippen LogP contribution in [0.3, 0.4) is 0 Å². The van der Waals surface area contributed by atoms with Crippen LogP contribution in [0.15, 0.2) is 95.1 Å². The third kappa shape index (κ3) is 4.36. The van der Waals surface area contributed by atoms with E-state index in [0.717, 1.165) is 4.90 Å². The Kier molecular flexibility index (Phi) is 6.65. The molecule has 4 aliphatic heterocycles. The fourth-order valence-electron chi connectivity index (χ4n) is 6.37. The predicted octanol–water partition coefficient (Wildman–Crippen LogP) is 4.61. The maximum atomic E-state index is 14.2. The molecule has 0 saturated carbocycles. The minimum atomic E-state index is -0.980. The van der Waals surface area contributed by atoms with Crippen molar-refractivity contribution in [2.24, 2.45) is 11.8 Å². The van der Waals surface area contributed by atoms with Gasteiger partial charge in [-0.2, -0.15) is 0 Å². The first-order chi connectivity index (χ1) is 20.9. The van der Waals surface area contributed by atoms with Crippen LogP contribution in [0, 0.1) is 11.8 Å². The van der Waals surface area contributed by atoms with Gasteiger partial charge in [-0.3, -0.25) is 19.2 Å². The molecular formula is C33H25BrN2O7. The average Bonchev–Trinajstić information content (AvgIpc) is 3.51. The molecule has 2 fully saturated rings. The largest absolute Gasteiger partial charge is 0.496 e. The second-order valence-corrected chi connectivity index (χ2v) is 11.5. The summed E-state index contributed by atoms with van der Waals surface area (Å²) in [5.74, 6) is -1.79. The number of amides is 2. The normalized spacial score (nSPS) is 23.5. The van der Waals surface area contributed by atoms with Gasteiger partial charge in [0.25, 0.3) is 0 Å². The first-order valence-corrected chi connectivity index (χ1v) is 14.6. The second kappa shape index (κ2) is 10.5. The van der Waals surface area contributed by atoms with E-state index >= 15 is 0 Å². The lowest BCUT2D eigenvalue weighted by Gasteiger charge is -2.33. The summed E-state index contributed by atoms with van der Waals surface area (Å²) in [7, 11) is 1.53. The quantitative estimate of drug-likeness (QED) is 0.284. The smallest absolute Gasteiger partial charge is 0.240 e. The van der Waals surface area contributed by atoms with Gasteiger partial charge in [-0.1, -0.05) is 36.4 Å². The Hall–Kier alpha value is -4.70. The molecule has 0 bridgehead atoms. The number of ketones is 2. The lowest BCUT2D eigenvalue weighted by molar-refractivity contribution is -0.123. The van der Waals surface area contributed by atoms with Crippen molar-refractivity contribution in [3.05, 3.63) is 106 Å². The third-order valence-corrected chi connectivity index (χ3v) is 8.95. The number of fused-ring (bicyclic) bond motifs is 4. The van der Waals surface area contributed by atoms with E-state index in [1.807, 2.05) is 6.07 Å². The number of ether oxygens (including phenoxy) is 3. The van der Waals surface area contributed by atoms with Crippen molar-refractivity contribution in [1.82, 2.24) is 4.90 Å². The highest BCUT2D eigenvalue weighted by Crippen LogP contribution is 2.48. The van der Waals surface area contributed by atoms with Crippen LogP contribution in [0.4, 0.5) is 5.69 Å². The molecule has 0 aromatic heterocycles. The van der Waals surface area contributed by atoms with Crippen LogP contribution in [0.5, 0.6) is 17.2 Å². The van der Waals surface area contributed by atoms with E-state index in [4.69, 9.17) is 14.2 Å². The van der Waals surface area contributed by atoms with E-state index in [2.05, 4.69) is 15.9 Å². The molecule has 0 spiro atoms. The van der Waals surface area contributed by atoms with Gasteiger partial charge in [-0.15, -0.1) is 0 Å². The zero-order valence-corrected chi connectivity index (χ0v) is 24.5. The average molecular weight is 641 g/mol. The van der Waals surface area contributed by atoms with E-state index < -0.39 is 35.7 Å². The Morgan fingerprint density at radius 2 is 1.63 bits per heavy atom. The van der Waals surface area contributed by atoms with Gasteiger partial charge in [0, 0.05) is 29.0 Å². The van der Waals surface area contributed by atoms with Crippen LogP contribution >= 0.6 is 15.9 Å². The molecule has 3 aromatic carbocycles. The lowest BCUT2D eigenvalue weighted by Crippen LogP contribution is -2.46. The Bertz CT molecular complexity index is 1750. The minimum Gasteiger partial charge on any atom is -0.496 e. The minimum absolute atomic E-state index is 0.206. The number of hydrogen-bond donors (Lipinski definition) is 0. The first-order valence-electron chi connectivity index (χ1n) is 13.8. The molecule has 0 N–H and O–H groups in total. The molecule has 43 heavy (non-hydrogen) atoms. The Morgan fingerprint density at radius 1 is 0.884 bits per heavy atom. The molecule has 216 valence electrons. The Morgan fingerprint density at radius 3 is 2.37 bits per heavy atom. The summed E-state index contributed by atoms with van der Waals surface area (Å²) in [4.78, 5) is 58.7. The number of benzene rings is 3. The molecule has 0 radical (unpaired) electrons. The number of allylic oxidation sites excluding steroid dienone is 2. The third-order valence-electron chi connectivity index (χ3n) is 8.34. The number of Topliss-reactive ketones (excluding diaryl/α,β-unsaturated/α-hetero) is 2. The van der Waals surface area contributed by atoms with Gasteiger partial charge in [0.2, 0.25) is 11.8 Å². The Balaban J connectivity index is 1.30. The number of carbonyl (C=O) groups excluding carboxylic acids is 4. The molecule has 0 aliphatic carbocycles. The van der Waals surface area contributed by atoms with Crippen molar-refractivity contribution in [2.75, 3.05) is 25.2 Å². The van der Waals surface area contributed by atoms with E-state index in [1.165, 1.54) is 7.11 Å². The Labute approximate surface area is 255 Å². The molecule has 10 heteroatoms. The van der Waals surface area contributed by atoms with Gasteiger partial charge < -0.3 is 19.1 Å². The molecule has 4 heterocycles. The van der Waals surface area contributed by atoms with Crippen LogP contribution in [0.2, 0.25) is 0 Å². The number of methoxy groups -OCH3 is 1. The van der Waals surface area contributed by atoms with Gasteiger partial charge in [-0.05, 0) is 52.3 Å². The summed E-state index contributed by atoms with van der Waals surface area (Å²) in [6.07, 6.45) is 5.02. The SMILES string of the molecule is COc1ccc(C(=O)[C@@H]2[C@@H]3C(=O)N(c4ccc5c(c4)OCCO5)C(=O)[C@H]3[C@@H]3C=C(C(=O)c4ccccc4)C=CN23)cc1Br. The molecule has 2 saturated heterocycles. The summed E-state index contributed by atoms with van der Waals surface area (Å²) < 4.78 is 17.2. The van der Waals surface area contributed by atoms with Gasteiger partial charge in [0.05, 0.1) is 35.1 Å². The summed E-state index contributed by atoms with van der Waals surface area (Å²) in [6.45, 7) is 0.759. The lowest BCUT2D eigenvalue weighted by atomic mass is 9.85. The van der Waals surface area contributed by atoms with E-state index in [-0.39, 0.29) is 11.6 Å². The predicted molar refractivity (Wildman–Crippen MR) is 159 cm³/mol. The van der Waals surface area contributed by atoms with Crippen molar-refractivity contribution in [1.29, 1.82) is 0 Å². The van der Waals surface area contributed by atoms with Crippen molar-refractivity contribution in [3.63, 3.8) is 0 Å². The topological polar surface area (TPSA) is 102 Å². The maximum absolute atomic E-state index is 14.2. The van der Waals surface area contributed by atoms with Crippen molar-refractivity contribution in [2.45, 2.75) is 12.1 Å². The fourth-order valence-corrected chi connectivity index (χ4v) is 6.91. The van der Waals surface area contributed by atoms with Crippen molar-refractivity contribution >= 4 is 45.0 Å². The van der Waals surface area contributed by atoms with Crippen LogP contribution in [0.1, 0.15) is 20.7 Å². The van der Waals surface area contributed by atoms with Crippen LogP contribution in [0.25, 0.3) is 0 Å². The summed E-state index contributed by atoms with van der Waals surface area (Å²) in [5, 5.41) is 0. The fraction of sp³-hybridized carbons (Fsp3) is 0.212.